The molecule has 8 rings (SSSR count). The molecule has 2 N–H and O–H groups in total. The highest BCUT2D eigenvalue weighted by Crippen LogP contribution is 2.46. The number of sulfonamides is 1. The molecule has 0 bridgehead atoms. The van der Waals surface area contributed by atoms with Gasteiger partial charge in [0.2, 0.25) is 21.8 Å². The van der Waals surface area contributed by atoms with Crippen LogP contribution in [0.1, 0.15) is 289 Å². The Morgan fingerprint density at radius 2 is 0.955 bits per heavy atom. The monoisotopic (exact) mass is 1270 g/mol. The first-order valence-electron chi connectivity index (χ1n) is 34.5. The van der Waals surface area contributed by atoms with E-state index in [0.29, 0.717) is 66.0 Å². The van der Waals surface area contributed by atoms with E-state index in [2.05, 4.69) is 171 Å². The molecule has 0 spiro atoms. The summed E-state index contributed by atoms with van der Waals surface area (Å²) in [5.74, 6) is 4.72. The molecule has 522 valence electrons. The van der Waals surface area contributed by atoms with E-state index in [1.54, 1.807) is 4.31 Å². The zero-order chi connectivity index (χ0) is 68.3. The quantitative estimate of drug-likeness (QED) is 0.240. The van der Waals surface area contributed by atoms with Crippen molar-refractivity contribution in [3.63, 3.8) is 0 Å². The van der Waals surface area contributed by atoms with Crippen LogP contribution in [0.3, 0.4) is 0 Å². The first kappa shape index (κ1) is 84.1. The van der Waals surface area contributed by atoms with Crippen molar-refractivity contribution in [2.24, 2.45) is 62.6 Å². The van der Waals surface area contributed by atoms with Gasteiger partial charge < -0.3 is 39.0 Å². The Hall–Kier alpha value is -1.88. The van der Waals surface area contributed by atoms with Crippen LogP contribution in [0.5, 0.6) is 0 Å². The number of carbonyl (C=O) groups is 3. The number of carbonyl (C=O) groups excluding carboxylic acids is 3. The van der Waals surface area contributed by atoms with Gasteiger partial charge in [-0.3, -0.25) is 14.4 Å². The molecule has 8 heterocycles. The van der Waals surface area contributed by atoms with E-state index < -0.39 is 10.0 Å². The van der Waals surface area contributed by atoms with Gasteiger partial charge in [0.15, 0.2) is 0 Å². The average molecular weight is 1270 g/mol. The molecule has 0 aromatic heterocycles. The fourth-order valence-corrected chi connectivity index (χ4v) is 14.7. The van der Waals surface area contributed by atoms with Crippen molar-refractivity contribution in [2.75, 3.05) is 66.0 Å². The number of piperidine rings is 3. The van der Waals surface area contributed by atoms with Gasteiger partial charge in [-0.05, 0) is 222 Å². The number of amides is 2. The third-order valence-corrected chi connectivity index (χ3v) is 21.0. The molecule has 14 nitrogen and oxygen atoms in total. The van der Waals surface area contributed by atoms with Crippen molar-refractivity contribution in [1.29, 1.82) is 0 Å². The second-order valence-corrected chi connectivity index (χ2v) is 37.8. The summed E-state index contributed by atoms with van der Waals surface area (Å²) in [5.41, 5.74) is 1.90. The minimum Gasteiger partial charge on any atom is -0.460 e. The van der Waals surface area contributed by atoms with Crippen molar-refractivity contribution in [3.05, 3.63) is 0 Å². The van der Waals surface area contributed by atoms with E-state index in [1.165, 1.54) is 38.4 Å². The molecule has 8 fully saturated rings. The van der Waals surface area contributed by atoms with Gasteiger partial charge in [0.1, 0.15) is 5.60 Å². The number of ether oxygens (including phenoxy) is 5. The van der Waals surface area contributed by atoms with Crippen molar-refractivity contribution in [1.82, 2.24) is 14.5 Å². The fraction of sp³-hybridized carbons (Fsp3) is 0.959. The smallest absolute Gasteiger partial charge is 0.306 e. The highest BCUT2D eigenvalue weighted by atomic mass is 32.2. The van der Waals surface area contributed by atoms with Gasteiger partial charge in [-0.15, -0.1) is 0 Å². The molecular weight excluding hydrogens is 1130 g/mol. The van der Waals surface area contributed by atoms with E-state index in [4.69, 9.17) is 23.7 Å². The zero-order valence-electron chi connectivity index (χ0n) is 62.6. The first-order valence-corrected chi connectivity index (χ1v) is 36.3. The number of esters is 1. The van der Waals surface area contributed by atoms with Crippen LogP contribution in [-0.4, -0.2) is 141 Å². The van der Waals surface area contributed by atoms with Crippen LogP contribution in [0.2, 0.25) is 0 Å². The van der Waals surface area contributed by atoms with Gasteiger partial charge in [-0.1, -0.05) is 111 Å². The summed E-state index contributed by atoms with van der Waals surface area (Å²) in [4.78, 5) is 34.4. The summed E-state index contributed by atoms with van der Waals surface area (Å²) in [6, 6.07) is 0. The number of hydrogen-bond acceptors (Lipinski definition) is 11. The Bertz CT molecular complexity index is 2060. The summed E-state index contributed by atoms with van der Waals surface area (Å²) >= 11 is 0. The number of likely N-dealkylation sites (tertiary alicyclic amines) is 1. The Balaban J connectivity index is 0.000000505. The Morgan fingerprint density at radius 3 is 1.27 bits per heavy atom. The Labute approximate surface area is 543 Å². The van der Waals surface area contributed by atoms with E-state index >= 15 is 0 Å². The second kappa shape index (κ2) is 35.0. The molecule has 4 unspecified atom stereocenters. The number of aliphatic hydroxyl groups excluding tert-OH is 1. The van der Waals surface area contributed by atoms with Crippen molar-refractivity contribution >= 4 is 27.8 Å². The summed E-state index contributed by atoms with van der Waals surface area (Å²) in [5, 5.41) is 12.5. The highest BCUT2D eigenvalue weighted by Gasteiger charge is 2.43. The summed E-state index contributed by atoms with van der Waals surface area (Å²) in [7, 11) is -1.07. The lowest BCUT2D eigenvalue weighted by molar-refractivity contribution is -0.185. The number of hydrogen-bond donors (Lipinski definition) is 2. The molecule has 8 aliphatic heterocycles. The van der Waals surface area contributed by atoms with Crippen LogP contribution in [0.15, 0.2) is 0 Å². The SMILES string of the molecule is CC(C)(C)C1CCN(S(C)(=O)=O)CC1.CC(C)(C)C1CCOCC1.CC(C)(C)C1CCOCC1O.CC1(C)CC(C(C)(C)C)CC(C)(C)O1.CC1(C)CCCC(=O)N1.CC1(C)CCCC(=O)O1.CC1COCCC1C(C)(C)C.CN1C(=O)CCCC1(C)C. The average Bonchev–Trinajstić information content (AvgIpc) is 1.50. The van der Waals surface area contributed by atoms with Gasteiger partial charge >= 0.3 is 5.97 Å². The maximum Gasteiger partial charge on any atom is 0.306 e. The molecule has 0 radical (unpaired) electrons. The number of cyclic esters (lactones) is 1. The summed E-state index contributed by atoms with van der Waals surface area (Å²) in [6.45, 7) is 64.2. The normalized spacial score (nSPS) is 27.1. The Morgan fingerprint density at radius 1 is 0.523 bits per heavy atom. The Kier molecular flexibility index (Phi) is 33.5. The molecular formula is C73H143N3O11S. The van der Waals surface area contributed by atoms with Crippen molar-refractivity contribution < 1.29 is 51.6 Å². The third-order valence-electron chi connectivity index (χ3n) is 19.7. The molecule has 0 aliphatic carbocycles. The van der Waals surface area contributed by atoms with Gasteiger partial charge in [-0.25, -0.2) is 12.7 Å². The first-order chi connectivity index (χ1) is 39.6. The summed E-state index contributed by atoms with van der Waals surface area (Å²) < 4.78 is 51.1. The van der Waals surface area contributed by atoms with Gasteiger partial charge in [-0.2, -0.15) is 0 Å². The van der Waals surface area contributed by atoms with E-state index in [0.717, 1.165) is 121 Å². The molecule has 2 amide bonds. The van der Waals surface area contributed by atoms with Crippen LogP contribution in [0.25, 0.3) is 0 Å². The standard InChI is InChI=1S/C13H26O.C10H21NO2S.C10H20O.C9H18O2.C9H18O.C8H15NO.C7H13NO.C7H12O2/c1-11(2,3)10-8-12(4,5)14-13(6,7)9-10;1-10(2,3)9-5-7-11(8-6-9)14(4,12)13;1-8-7-11-6-5-9(8)10(2,3)4;1-9(2,3)7-4-5-11-6-8(7)10;1-9(2,3)8-4-6-10-7-5-8;1-8(2)6-4-5-7(10)9(8)3;1-7(2)5-3-4-6(9)8-7;1-7(2)5-3-4-6(8)9-7/h10H,8-9H2,1-7H3;9H,5-8H2,1-4H3;8-9H,5-7H2,1-4H3;7-8,10H,4-6H2,1-3H3;8H,4-7H2,1-3H3;4-6H2,1-3H3;3-5H2,1-2H3,(H,8,9);3-5H2,1-2H3. The predicted octanol–water partition coefficient (Wildman–Crippen LogP) is 16.3. The molecule has 0 aromatic rings. The topological polar surface area (TPSA) is 170 Å². The van der Waals surface area contributed by atoms with Gasteiger partial charge in [0.05, 0.1) is 30.2 Å². The lowest BCUT2D eigenvalue weighted by atomic mass is 9.68. The van der Waals surface area contributed by atoms with E-state index in [1.807, 2.05) is 25.8 Å². The molecule has 8 saturated heterocycles. The molecule has 8 aliphatic rings. The second-order valence-electron chi connectivity index (χ2n) is 35.9. The zero-order valence-corrected chi connectivity index (χ0v) is 63.4. The number of nitrogens with zero attached hydrogens (tertiary/aromatic N) is 2. The van der Waals surface area contributed by atoms with Crippen LogP contribution in [0.4, 0.5) is 0 Å². The maximum absolute atomic E-state index is 11.3. The van der Waals surface area contributed by atoms with Crippen LogP contribution in [0, 0.1) is 62.6 Å². The van der Waals surface area contributed by atoms with Crippen molar-refractivity contribution in [3.8, 4) is 0 Å². The van der Waals surface area contributed by atoms with Crippen LogP contribution in [-0.2, 0) is 48.1 Å². The number of aliphatic hydroxyl groups is 1. The minimum absolute atomic E-state index is 0.0414. The number of rotatable bonds is 1. The lowest BCUT2D eigenvalue weighted by Crippen LogP contribution is -2.48. The van der Waals surface area contributed by atoms with Crippen LogP contribution < -0.4 is 5.32 Å². The van der Waals surface area contributed by atoms with Crippen molar-refractivity contribution in [2.45, 2.75) is 323 Å². The largest absolute Gasteiger partial charge is 0.460 e. The lowest BCUT2D eigenvalue weighted by Gasteiger charge is -2.49. The van der Waals surface area contributed by atoms with E-state index in [9.17, 15) is 27.9 Å². The predicted molar refractivity (Wildman–Crippen MR) is 366 cm³/mol. The van der Waals surface area contributed by atoms with E-state index in [-0.39, 0.29) is 57.2 Å². The fourth-order valence-electron chi connectivity index (χ4n) is 13.8. The third kappa shape index (κ3) is 33.8. The van der Waals surface area contributed by atoms with Crippen LogP contribution >= 0.6 is 0 Å². The highest BCUT2D eigenvalue weighted by molar-refractivity contribution is 7.88. The van der Waals surface area contributed by atoms with Gasteiger partial charge in [0.25, 0.3) is 0 Å². The maximum atomic E-state index is 11.3. The minimum atomic E-state index is -2.96. The molecule has 0 saturated carbocycles. The molecule has 0 aromatic carbocycles. The molecule has 4 atom stereocenters. The summed E-state index contributed by atoms with van der Waals surface area (Å²) in [6.07, 6.45) is 18.5. The molecule has 15 heteroatoms. The number of nitrogens with one attached hydrogen (secondary N) is 1. The van der Waals surface area contributed by atoms with Gasteiger partial charge in [0, 0.05) is 83.5 Å². The molecule has 88 heavy (non-hydrogen) atoms.